The number of fused-ring (bicyclic) bond motifs is 1. The number of anilines is 1. The van der Waals surface area contributed by atoms with Gasteiger partial charge in [-0.25, -0.2) is 9.02 Å². The summed E-state index contributed by atoms with van der Waals surface area (Å²) >= 11 is 0. The number of oxime groups is 1. The first-order chi connectivity index (χ1) is 11.1. The minimum Gasteiger partial charge on any atom is -0.409 e. The van der Waals surface area contributed by atoms with Crippen molar-refractivity contribution in [2.75, 3.05) is 11.9 Å². The third-order valence-corrected chi connectivity index (χ3v) is 3.69. The first-order valence-corrected chi connectivity index (χ1v) is 7.09. The number of amidine groups is 1. The zero-order chi connectivity index (χ0) is 16.4. The average Bonchev–Trinajstić information content (AvgIpc) is 2.98. The summed E-state index contributed by atoms with van der Waals surface area (Å²) < 4.78 is 18.0. The number of aliphatic hydroxyl groups excluding tert-OH is 1. The molecule has 1 aromatic heterocycles. The van der Waals surface area contributed by atoms with Crippen LogP contribution in [0.3, 0.4) is 0 Å². The lowest BCUT2D eigenvalue weighted by molar-refractivity contribution is 0.279. The van der Waals surface area contributed by atoms with Crippen LogP contribution in [0.4, 0.5) is 10.2 Å². The molecular formula is C14H16FN5O3. The molecule has 3 rings (SSSR count). The van der Waals surface area contributed by atoms with Crippen LogP contribution >= 0.6 is 0 Å². The van der Waals surface area contributed by atoms with Crippen molar-refractivity contribution in [1.29, 1.82) is 0 Å². The van der Waals surface area contributed by atoms with E-state index in [1.165, 1.54) is 12.1 Å². The van der Waals surface area contributed by atoms with E-state index >= 15 is 0 Å². The average molecular weight is 321 g/mol. The molecule has 2 atom stereocenters. The van der Waals surface area contributed by atoms with Crippen LogP contribution in [0, 0.1) is 5.82 Å². The van der Waals surface area contributed by atoms with Crippen molar-refractivity contribution in [2.45, 2.75) is 25.4 Å². The van der Waals surface area contributed by atoms with E-state index in [9.17, 15) is 9.60 Å². The molecule has 0 radical (unpaired) electrons. The number of nitrogens with one attached hydrogen (secondary N) is 2. The Bertz CT molecular complexity index is 733. The number of aromatic nitrogens is 2. The van der Waals surface area contributed by atoms with Crippen LogP contribution in [-0.4, -0.2) is 39.1 Å². The van der Waals surface area contributed by atoms with Crippen LogP contribution in [-0.2, 0) is 6.42 Å². The molecule has 4 N–H and O–H groups in total. The third kappa shape index (κ3) is 2.95. The van der Waals surface area contributed by atoms with E-state index in [1.54, 1.807) is 13.0 Å². The van der Waals surface area contributed by atoms with Gasteiger partial charge in [-0.05, 0) is 46.9 Å². The highest BCUT2D eigenvalue weighted by Gasteiger charge is 2.29. The zero-order valence-electron chi connectivity index (χ0n) is 12.3. The maximum atomic E-state index is 13.3. The number of hydrogen-bond acceptors (Lipinski definition) is 7. The Hall–Kier alpha value is -2.68. The fourth-order valence-corrected chi connectivity index (χ4v) is 2.43. The minimum absolute atomic E-state index is 0.0544. The van der Waals surface area contributed by atoms with E-state index in [-0.39, 0.29) is 41.9 Å². The smallest absolute Gasteiger partial charge is 0.202 e. The van der Waals surface area contributed by atoms with Gasteiger partial charge in [-0.2, -0.15) is 0 Å². The highest BCUT2D eigenvalue weighted by atomic mass is 19.1. The second-order valence-electron chi connectivity index (χ2n) is 5.38. The molecule has 1 aliphatic rings. The molecule has 1 heterocycles. The predicted octanol–water partition coefficient (Wildman–Crippen LogP) is 1.02. The molecule has 23 heavy (non-hydrogen) atoms. The third-order valence-electron chi connectivity index (χ3n) is 3.69. The van der Waals surface area contributed by atoms with Gasteiger partial charge in [0.15, 0.2) is 11.5 Å². The highest BCUT2D eigenvalue weighted by Crippen LogP contribution is 2.33. The van der Waals surface area contributed by atoms with Crippen molar-refractivity contribution < 1.29 is 19.3 Å². The van der Waals surface area contributed by atoms with Crippen LogP contribution < -0.4 is 10.6 Å². The van der Waals surface area contributed by atoms with Gasteiger partial charge in [0.1, 0.15) is 5.82 Å². The quantitative estimate of drug-likeness (QED) is 0.281. The number of halogens is 1. The number of rotatable bonds is 5. The molecule has 0 amide bonds. The Balaban J connectivity index is 1.76. The lowest BCUT2D eigenvalue weighted by Crippen LogP contribution is -2.37. The van der Waals surface area contributed by atoms with Crippen LogP contribution in [0.1, 0.15) is 29.8 Å². The van der Waals surface area contributed by atoms with E-state index in [0.29, 0.717) is 6.42 Å². The van der Waals surface area contributed by atoms with Crippen LogP contribution in [0.15, 0.2) is 28.0 Å². The minimum atomic E-state index is -0.319. The molecule has 1 aromatic carbocycles. The Morgan fingerprint density at radius 3 is 3.09 bits per heavy atom. The molecule has 2 aromatic rings. The molecule has 0 bridgehead atoms. The summed E-state index contributed by atoms with van der Waals surface area (Å²) in [6.07, 6.45) is 0.676. The fraction of sp³-hybridized carbons (Fsp3) is 0.357. The second kappa shape index (κ2) is 6.21. The first-order valence-electron chi connectivity index (χ1n) is 7.09. The largest absolute Gasteiger partial charge is 0.409 e. The topological polar surface area (TPSA) is 116 Å². The Kier molecular flexibility index (Phi) is 4.11. The maximum absolute atomic E-state index is 13.3. The number of nitrogens with zero attached hydrogens (tertiary/aromatic N) is 3. The van der Waals surface area contributed by atoms with Gasteiger partial charge in [0.25, 0.3) is 0 Å². The molecule has 0 aliphatic heterocycles. The van der Waals surface area contributed by atoms with Crippen LogP contribution in [0.25, 0.3) is 0 Å². The molecule has 0 fully saturated rings. The molecular weight excluding hydrogens is 305 g/mol. The van der Waals surface area contributed by atoms with Crippen molar-refractivity contribution in [3.8, 4) is 0 Å². The first kappa shape index (κ1) is 15.2. The van der Waals surface area contributed by atoms with Crippen LogP contribution in [0.5, 0.6) is 0 Å². The SMILES string of the molecule is C[C@@H](CO)Nc1nonc1/C(=N/O)N[C@H]1Cc2ccc(F)cc21. The summed E-state index contributed by atoms with van der Waals surface area (Å²) in [7, 11) is 0. The molecule has 0 spiro atoms. The standard InChI is InChI=1S/C14H16FN5O3/c1-7(6-21)16-14-12(19-23-20-14)13(18-22)17-11-4-8-2-3-9(15)5-10(8)11/h2-3,5,7,11,21-22H,4,6H2,1H3,(H,16,20)(H,17,18)/t7-,11-/m0/s1. The summed E-state index contributed by atoms with van der Waals surface area (Å²) in [6, 6.07) is 4.12. The van der Waals surface area contributed by atoms with E-state index in [4.69, 9.17) is 5.11 Å². The van der Waals surface area contributed by atoms with Gasteiger partial charge in [-0.3, -0.25) is 0 Å². The van der Waals surface area contributed by atoms with Gasteiger partial charge >= 0.3 is 0 Å². The van der Waals surface area contributed by atoms with Gasteiger partial charge in [-0.1, -0.05) is 11.2 Å². The molecule has 9 heteroatoms. The summed E-state index contributed by atoms with van der Waals surface area (Å²) in [5.41, 5.74) is 2.02. The van der Waals surface area contributed by atoms with Crippen molar-refractivity contribution >= 4 is 11.7 Å². The molecule has 1 aliphatic carbocycles. The van der Waals surface area contributed by atoms with Crippen LogP contribution in [0.2, 0.25) is 0 Å². The normalized spacial score (nSPS) is 18.0. The fourth-order valence-electron chi connectivity index (χ4n) is 2.43. The summed E-state index contributed by atoms with van der Waals surface area (Å²) in [5, 5.41) is 34.8. The molecule has 0 saturated heterocycles. The summed E-state index contributed by atoms with van der Waals surface area (Å²) in [5.74, 6) is -0.0237. The second-order valence-corrected chi connectivity index (χ2v) is 5.38. The van der Waals surface area contributed by atoms with Gasteiger partial charge in [0.2, 0.25) is 5.82 Å². The van der Waals surface area contributed by atoms with Gasteiger partial charge < -0.3 is 20.9 Å². The zero-order valence-corrected chi connectivity index (χ0v) is 12.3. The molecule has 122 valence electrons. The van der Waals surface area contributed by atoms with Gasteiger partial charge in [0, 0.05) is 6.04 Å². The van der Waals surface area contributed by atoms with Crippen molar-refractivity contribution in [3.05, 3.63) is 40.8 Å². The van der Waals surface area contributed by atoms with E-state index in [2.05, 4.69) is 30.7 Å². The van der Waals surface area contributed by atoms with Crippen molar-refractivity contribution in [1.82, 2.24) is 15.6 Å². The number of aliphatic hydroxyl groups is 1. The lowest BCUT2D eigenvalue weighted by atomic mass is 9.83. The summed E-state index contributed by atoms with van der Waals surface area (Å²) in [6.45, 7) is 1.63. The maximum Gasteiger partial charge on any atom is 0.202 e. The Morgan fingerprint density at radius 2 is 2.35 bits per heavy atom. The van der Waals surface area contributed by atoms with E-state index in [0.717, 1.165) is 11.1 Å². The van der Waals surface area contributed by atoms with E-state index in [1.807, 2.05) is 0 Å². The Labute approximate surface area is 131 Å². The monoisotopic (exact) mass is 321 g/mol. The lowest BCUT2D eigenvalue weighted by Gasteiger charge is -2.31. The van der Waals surface area contributed by atoms with E-state index < -0.39 is 0 Å². The number of hydrogen-bond donors (Lipinski definition) is 4. The predicted molar refractivity (Wildman–Crippen MR) is 78.8 cm³/mol. The van der Waals surface area contributed by atoms with Gasteiger partial charge in [-0.15, -0.1) is 0 Å². The highest BCUT2D eigenvalue weighted by molar-refractivity contribution is 6.00. The summed E-state index contributed by atoms with van der Waals surface area (Å²) in [4.78, 5) is 0. The molecule has 8 nitrogen and oxygen atoms in total. The molecule has 0 unspecified atom stereocenters. The Morgan fingerprint density at radius 1 is 1.52 bits per heavy atom. The van der Waals surface area contributed by atoms with Gasteiger partial charge in [0.05, 0.1) is 12.6 Å². The van der Waals surface area contributed by atoms with Crippen molar-refractivity contribution in [2.24, 2.45) is 5.16 Å². The van der Waals surface area contributed by atoms with Crippen molar-refractivity contribution in [3.63, 3.8) is 0 Å². The molecule has 0 saturated carbocycles. The number of benzene rings is 1.